The van der Waals surface area contributed by atoms with Crippen molar-refractivity contribution in [1.82, 2.24) is 14.7 Å². The summed E-state index contributed by atoms with van der Waals surface area (Å²) in [6.07, 6.45) is 2.97. The zero-order valence-electron chi connectivity index (χ0n) is 13.7. The predicted octanol–water partition coefficient (Wildman–Crippen LogP) is 2.83. The van der Waals surface area contributed by atoms with Crippen LogP contribution >= 0.6 is 12.4 Å². The predicted molar refractivity (Wildman–Crippen MR) is 91.4 cm³/mol. The van der Waals surface area contributed by atoms with Gasteiger partial charge in [-0.05, 0) is 63.1 Å². The SMILES string of the molecule is CC(C(=O)O)N(C)Cc1nn(-c2ccc(F)cc2)c2c1CCC2.Cl. The van der Waals surface area contributed by atoms with Crippen molar-refractivity contribution in [3.05, 3.63) is 47.0 Å². The van der Waals surface area contributed by atoms with Gasteiger partial charge in [0, 0.05) is 12.2 Å². The Hall–Kier alpha value is -1.92. The number of fused-ring (bicyclic) bond motifs is 1. The average molecular weight is 354 g/mol. The van der Waals surface area contributed by atoms with Gasteiger partial charge in [0.1, 0.15) is 11.9 Å². The van der Waals surface area contributed by atoms with Gasteiger partial charge in [-0.15, -0.1) is 12.4 Å². The van der Waals surface area contributed by atoms with Crippen LogP contribution in [0.15, 0.2) is 24.3 Å². The molecular weight excluding hydrogens is 333 g/mol. The molecule has 0 saturated carbocycles. The first kappa shape index (κ1) is 18.4. The van der Waals surface area contributed by atoms with Crippen molar-refractivity contribution in [2.75, 3.05) is 7.05 Å². The van der Waals surface area contributed by atoms with Gasteiger partial charge in [-0.1, -0.05) is 0 Å². The normalized spacial score (nSPS) is 14.3. The van der Waals surface area contributed by atoms with Gasteiger partial charge in [0.05, 0.1) is 11.4 Å². The first-order valence-electron chi connectivity index (χ1n) is 7.76. The molecule has 0 bridgehead atoms. The Morgan fingerprint density at radius 1 is 1.38 bits per heavy atom. The van der Waals surface area contributed by atoms with Crippen LogP contribution in [0.2, 0.25) is 0 Å². The first-order chi connectivity index (χ1) is 11.0. The zero-order chi connectivity index (χ0) is 16.6. The van der Waals surface area contributed by atoms with E-state index in [0.29, 0.717) is 6.54 Å². The van der Waals surface area contributed by atoms with Crippen LogP contribution < -0.4 is 0 Å². The van der Waals surface area contributed by atoms with Crippen LogP contribution in [0, 0.1) is 5.82 Å². The van der Waals surface area contributed by atoms with Crippen molar-refractivity contribution >= 4 is 18.4 Å². The topological polar surface area (TPSA) is 58.4 Å². The van der Waals surface area contributed by atoms with Crippen LogP contribution in [0.5, 0.6) is 0 Å². The Morgan fingerprint density at radius 3 is 2.67 bits per heavy atom. The molecule has 1 aromatic carbocycles. The van der Waals surface area contributed by atoms with Crippen LogP contribution in [-0.2, 0) is 24.2 Å². The van der Waals surface area contributed by atoms with E-state index in [1.54, 1.807) is 31.0 Å². The molecule has 2 aromatic rings. The van der Waals surface area contributed by atoms with E-state index in [4.69, 9.17) is 5.11 Å². The molecule has 0 aliphatic heterocycles. The summed E-state index contributed by atoms with van der Waals surface area (Å²) in [5.74, 6) is -1.12. The van der Waals surface area contributed by atoms with Crippen molar-refractivity contribution in [2.45, 2.75) is 38.8 Å². The Balaban J connectivity index is 0.00000208. The number of likely N-dealkylation sites (N-methyl/N-ethyl adjacent to an activating group) is 1. The lowest BCUT2D eigenvalue weighted by molar-refractivity contribution is -0.142. The van der Waals surface area contributed by atoms with Crippen molar-refractivity contribution in [1.29, 1.82) is 0 Å². The van der Waals surface area contributed by atoms with Crippen molar-refractivity contribution < 1.29 is 14.3 Å². The monoisotopic (exact) mass is 353 g/mol. The molecular formula is C17H21ClFN3O2. The number of hydrogen-bond acceptors (Lipinski definition) is 3. The number of rotatable bonds is 5. The van der Waals surface area contributed by atoms with E-state index < -0.39 is 12.0 Å². The zero-order valence-corrected chi connectivity index (χ0v) is 14.5. The maximum atomic E-state index is 13.1. The number of carboxylic acids is 1. The lowest BCUT2D eigenvalue weighted by atomic mass is 10.2. The highest BCUT2D eigenvalue weighted by Crippen LogP contribution is 2.28. The molecule has 1 aromatic heterocycles. The molecule has 1 aliphatic rings. The fourth-order valence-corrected chi connectivity index (χ4v) is 3.00. The van der Waals surface area contributed by atoms with E-state index in [2.05, 4.69) is 5.10 Å². The minimum absolute atomic E-state index is 0. The average Bonchev–Trinajstić information content (AvgIpc) is 3.11. The van der Waals surface area contributed by atoms with Gasteiger partial charge in [-0.25, -0.2) is 9.07 Å². The number of carboxylic acid groups (broad SMARTS) is 1. The summed E-state index contributed by atoms with van der Waals surface area (Å²) < 4.78 is 15.0. The number of aliphatic carboxylic acids is 1. The molecule has 1 aliphatic carbocycles. The number of halogens is 2. The van der Waals surface area contributed by atoms with Crippen molar-refractivity contribution in [2.24, 2.45) is 0 Å². The van der Waals surface area contributed by atoms with E-state index in [1.165, 1.54) is 17.7 Å². The summed E-state index contributed by atoms with van der Waals surface area (Å²) in [7, 11) is 1.79. The second-order valence-corrected chi connectivity index (χ2v) is 6.04. The van der Waals surface area contributed by atoms with Gasteiger partial charge in [0.15, 0.2) is 0 Å². The highest BCUT2D eigenvalue weighted by molar-refractivity contribution is 5.85. The van der Waals surface area contributed by atoms with Gasteiger partial charge in [-0.2, -0.15) is 5.10 Å². The molecule has 1 unspecified atom stereocenters. The van der Waals surface area contributed by atoms with E-state index in [0.717, 1.165) is 36.3 Å². The Labute approximate surface area is 146 Å². The minimum Gasteiger partial charge on any atom is -0.480 e. The van der Waals surface area contributed by atoms with Crippen molar-refractivity contribution in [3.63, 3.8) is 0 Å². The smallest absolute Gasteiger partial charge is 0.320 e. The number of nitrogens with zero attached hydrogens (tertiary/aromatic N) is 3. The third kappa shape index (κ3) is 3.44. The third-order valence-electron chi connectivity index (χ3n) is 4.50. The highest BCUT2D eigenvalue weighted by atomic mass is 35.5. The van der Waals surface area contributed by atoms with E-state index >= 15 is 0 Å². The van der Waals surface area contributed by atoms with Gasteiger partial charge < -0.3 is 5.11 Å². The molecule has 3 rings (SSSR count). The molecule has 0 saturated heterocycles. The Morgan fingerprint density at radius 2 is 2.04 bits per heavy atom. The second kappa shape index (κ2) is 7.32. The first-order valence-corrected chi connectivity index (χ1v) is 7.76. The molecule has 1 N–H and O–H groups in total. The largest absolute Gasteiger partial charge is 0.480 e. The van der Waals surface area contributed by atoms with Crippen LogP contribution in [0.3, 0.4) is 0 Å². The van der Waals surface area contributed by atoms with Gasteiger partial charge in [0.25, 0.3) is 0 Å². The molecule has 1 heterocycles. The number of hydrogen-bond donors (Lipinski definition) is 1. The molecule has 0 amide bonds. The molecule has 24 heavy (non-hydrogen) atoms. The molecule has 1 atom stereocenters. The second-order valence-electron chi connectivity index (χ2n) is 6.04. The number of carbonyl (C=O) groups is 1. The molecule has 130 valence electrons. The molecule has 0 spiro atoms. The fraction of sp³-hybridized carbons (Fsp3) is 0.412. The fourth-order valence-electron chi connectivity index (χ4n) is 3.00. The van der Waals surface area contributed by atoms with Crippen molar-refractivity contribution in [3.8, 4) is 5.69 Å². The lowest BCUT2D eigenvalue weighted by Gasteiger charge is -2.20. The quantitative estimate of drug-likeness (QED) is 0.898. The highest BCUT2D eigenvalue weighted by Gasteiger charge is 2.25. The molecule has 0 radical (unpaired) electrons. The summed E-state index contributed by atoms with van der Waals surface area (Å²) in [4.78, 5) is 12.9. The minimum atomic E-state index is -0.845. The maximum Gasteiger partial charge on any atom is 0.320 e. The number of aromatic nitrogens is 2. The standard InChI is InChI=1S/C17H20FN3O2.ClH/c1-11(17(22)23)20(2)10-15-14-4-3-5-16(14)21(19-15)13-8-6-12(18)7-9-13;/h6-9,11H,3-5,10H2,1-2H3,(H,22,23);1H. The molecule has 0 fully saturated rings. The maximum absolute atomic E-state index is 13.1. The summed E-state index contributed by atoms with van der Waals surface area (Å²) in [5.41, 5.74) is 4.11. The Bertz CT molecular complexity index is 730. The van der Waals surface area contributed by atoms with Crippen LogP contribution in [0.1, 0.15) is 30.3 Å². The van der Waals surface area contributed by atoms with Gasteiger partial charge in [-0.3, -0.25) is 9.69 Å². The summed E-state index contributed by atoms with van der Waals surface area (Å²) in [5, 5.41) is 13.8. The van der Waals surface area contributed by atoms with Crippen LogP contribution in [-0.4, -0.2) is 38.8 Å². The van der Waals surface area contributed by atoms with Gasteiger partial charge >= 0.3 is 5.97 Å². The van der Waals surface area contributed by atoms with Crippen LogP contribution in [0.4, 0.5) is 4.39 Å². The molecule has 7 heteroatoms. The lowest BCUT2D eigenvalue weighted by Crippen LogP contribution is -2.35. The van der Waals surface area contributed by atoms with E-state index in [9.17, 15) is 9.18 Å². The summed E-state index contributed by atoms with van der Waals surface area (Å²) in [6, 6.07) is 5.72. The molecule has 5 nitrogen and oxygen atoms in total. The van der Waals surface area contributed by atoms with Crippen LogP contribution in [0.25, 0.3) is 5.69 Å². The summed E-state index contributed by atoms with van der Waals surface area (Å²) >= 11 is 0. The number of benzene rings is 1. The van der Waals surface area contributed by atoms with Gasteiger partial charge in [0.2, 0.25) is 0 Å². The van der Waals surface area contributed by atoms with E-state index in [-0.39, 0.29) is 18.2 Å². The third-order valence-corrected chi connectivity index (χ3v) is 4.50. The summed E-state index contributed by atoms with van der Waals surface area (Å²) in [6.45, 7) is 2.16. The van der Waals surface area contributed by atoms with E-state index in [1.807, 2.05) is 4.68 Å². The Kier molecular flexibility index (Phi) is 5.62.